The molecule has 0 radical (unpaired) electrons. The summed E-state index contributed by atoms with van der Waals surface area (Å²) in [7, 11) is 1.83. The molecule has 1 saturated heterocycles. The predicted molar refractivity (Wildman–Crippen MR) is 131 cm³/mol. The van der Waals surface area contributed by atoms with Crippen molar-refractivity contribution in [3.05, 3.63) is 46.8 Å². The lowest BCUT2D eigenvalue weighted by molar-refractivity contribution is 0.338. The van der Waals surface area contributed by atoms with Crippen LogP contribution in [-0.2, 0) is 6.54 Å². The molecule has 0 aliphatic carbocycles. The molecule has 1 aromatic heterocycles. The molecule has 0 unspecified atom stereocenters. The van der Waals surface area contributed by atoms with Crippen molar-refractivity contribution >= 4 is 46.3 Å². The van der Waals surface area contributed by atoms with E-state index in [-0.39, 0.29) is 24.0 Å². The molecule has 0 bridgehead atoms. The minimum atomic E-state index is 0. The third-order valence-electron chi connectivity index (χ3n) is 4.88. The number of ether oxygens (including phenoxy) is 1. The molecular formula is C21H31IN4OS. The second-order valence-electron chi connectivity index (χ2n) is 6.82. The van der Waals surface area contributed by atoms with E-state index in [1.165, 1.54) is 16.1 Å². The average molecular weight is 514 g/mol. The first-order chi connectivity index (χ1) is 13.2. The number of nitrogens with zero attached hydrogens (tertiary/aromatic N) is 2. The van der Waals surface area contributed by atoms with Gasteiger partial charge in [0.05, 0.1) is 11.6 Å². The van der Waals surface area contributed by atoms with Gasteiger partial charge in [-0.25, -0.2) is 0 Å². The van der Waals surface area contributed by atoms with E-state index in [4.69, 9.17) is 4.74 Å². The molecular weight excluding hydrogens is 483 g/mol. The second-order valence-corrected chi connectivity index (χ2v) is 7.74. The van der Waals surface area contributed by atoms with E-state index in [9.17, 15) is 0 Å². The fourth-order valence-corrected chi connectivity index (χ4v) is 4.19. The first kappa shape index (κ1) is 22.8. The van der Waals surface area contributed by atoms with Crippen LogP contribution in [0.15, 0.2) is 40.7 Å². The summed E-state index contributed by atoms with van der Waals surface area (Å²) in [6, 6.07) is 11.1. The Hall–Kier alpha value is -1.48. The normalized spacial score (nSPS) is 15.1. The Labute approximate surface area is 189 Å². The summed E-state index contributed by atoms with van der Waals surface area (Å²) < 4.78 is 5.61. The number of thiophene rings is 1. The Morgan fingerprint density at radius 2 is 2.07 bits per heavy atom. The number of benzene rings is 1. The predicted octanol–water partition coefficient (Wildman–Crippen LogP) is 4.41. The van der Waals surface area contributed by atoms with Crippen LogP contribution in [0, 0.1) is 6.92 Å². The molecule has 28 heavy (non-hydrogen) atoms. The topological polar surface area (TPSA) is 48.9 Å². The first-order valence-corrected chi connectivity index (χ1v) is 10.6. The highest BCUT2D eigenvalue weighted by molar-refractivity contribution is 14.0. The smallest absolute Gasteiger partial charge is 0.191 e. The van der Waals surface area contributed by atoms with Gasteiger partial charge in [0.25, 0.3) is 0 Å². The molecule has 2 N–H and O–H groups in total. The van der Waals surface area contributed by atoms with Crippen LogP contribution < -0.4 is 20.3 Å². The van der Waals surface area contributed by atoms with E-state index in [0.29, 0.717) is 12.6 Å². The summed E-state index contributed by atoms with van der Waals surface area (Å²) in [5, 5.41) is 10.5. The molecule has 2 heterocycles. The Morgan fingerprint density at radius 3 is 2.68 bits per heavy atom. The molecule has 0 spiro atoms. The van der Waals surface area contributed by atoms with Crippen molar-refractivity contribution in [2.24, 2.45) is 4.99 Å². The van der Waals surface area contributed by atoms with Gasteiger partial charge in [0, 0.05) is 32.7 Å². The third-order valence-corrected chi connectivity index (χ3v) is 5.81. The van der Waals surface area contributed by atoms with Crippen LogP contribution in [0.25, 0.3) is 0 Å². The van der Waals surface area contributed by atoms with Gasteiger partial charge in [-0.1, -0.05) is 12.1 Å². The van der Waals surface area contributed by atoms with Crippen LogP contribution >= 0.6 is 35.3 Å². The Balaban J connectivity index is 0.00000280. The number of aliphatic imine (C=N–C) groups is 1. The Bertz CT molecular complexity index is 743. The van der Waals surface area contributed by atoms with Gasteiger partial charge in [-0.3, -0.25) is 4.99 Å². The average Bonchev–Trinajstić information content (AvgIpc) is 3.22. The zero-order valence-corrected chi connectivity index (χ0v) is 20.1. The summed E-state index contributed by atoms with van der Waals surface area (Å²) in [6.45, 7) is 7.72. The number of aryl methyl sites for hydroxylation is 1. The van der Waals surface area contributed by atoms with Gasteiger partial charge in [0.2, 0.25) is 0 Å². The summed E-state index contributed by atoms with van der Waals surface area (Å²) in [5.74, 6) is 1.83. The lowest BCUT2D eigenvalue weighted by atomic mass is 10.1. The van der Waals surface area contributed by atoms with Crippen molar-refractivity contribution in [3.63, 3.8) is 0 Å². The van der Waals surface area contributed by atoms with Crippen LogP contribution in [0.2, 0.25) is 0 Å². The summed E-state index contributed by atoms with van der Waals surface area (Å²) in [6.07, 6.45) is 2.25. The van der Waals surface area contributed by atoms with Crippen molar-refractivity contribution in [3.8, 4) is 5.75 Å². The van der Waals surface area contributed by atoms with Gasteiger partial charge >= 0.3 is 0 Å². The molecule has 0 amide bonds. The highest BCUT2D eigenvalue weighted by Gasteiger charge is 2.20. The zero-order valence-electron chi connectivity index (χ0n) is 16.9. The van der Waals surface area contributed by atoms with E-state index >= 15 is 0 Å². The number of piperidine rings is 1. The van der Waals surface area contributed by atoms with Crippen molar-refractivity contribution in [1.82, 2.24) is 10.6 Å². The van der Waals surface area contributed by atoms with E-state index < -0.39 is 0 Å². The molecule has 1 fully saturated rings. The van der Waals surface area contributed by atoms with Gasteiger partial charge in [-0.2, -0.15) is 0 Å². The van der Waals surface area contributed by atoms with Crippen LogP contribution in [0.3, 0.4) is 0 Å². The molecule has 0 saturated carbocycles. The van der Waals surface area contributed by atoms with Crippen LogP contribution in [0.4, 0.5) is 5.00 Å². The minimum Gasteiger partial charge on any atom is -0.494 e. The summed E-state index contributed by atoms with van der Waals surface area (Å²) >= 11 is 1.82. The molecule has 3 rings (SSSR count). The third kappa shape index (κ3) is 6.27. The Kier molecular flexibility index (Phi) is 9.37. The lowest BCUT2D eigenvalue weighted by Crippen LogP contribution is -2.48. The van der Waals surface area contributed by atoms with Gasteiger partial charge < -0.3 is 20.3 Å². The fraction of sp³-hybridized carbons (Fsp3) is 0.476. The van der Waals surface area contributed by atoms with Crippen molar-refractivity contribution < 1.29 is 4.74 Å². The number of nitrogens with one attached hydrogen (secondary N) is 2. The van der Waals surface area contributed by atoms with Crippen LogP contribution in [-0.4, -0.2) is 38.7 Å². The van der Waals surface area contributed by atoms with Gasteiger partial charge in [0.15, 0.2) is 5.96 Å². The number of hydrogen-bond donors (Lipinski definition) is 2. The second kappa shape index (κ2) is 11.5. The molecule has 7 heteroatoms. The Morgan fingerprint density at radius 1 is 1.29 bits per heavy atom. The van der Waals surface area contributed by atoms with E-state index in [1.807, 2.05) is 31.4 Å². The highest BCUT2D eigenvalue weighted by Crippen LogP contribution is 2.24. The fourth-order valence-electron chi connectivity index (χ4n) is 3.41. The number of rotatable bonds is 6. The molecule has 1 aromatic carbocycles. The quantitative estimate of drug-likeness (QED) is 0.341. The molecule has 1 aliphatic rings. The zero-order chi connectivity index (χ0) is 19.1. The van der Waals surface area contributed by atoms with Crippen LogP contribution in [0.5, 0.6) is 5.75 Å². The monoisotopic (exact) mass is 514 g/mol. The maximum atomic E-state index is 5.61. The lowest BCUT2D eigenvalue weighted by Gasteiger charge is -2.33. The number of guanidine groups is 1. The van der Waals surface area contributed by atoms with Gasteiger partial charge in [-0.05, 0) is 61.4 Å². The molecule has 5 nitrogen and oxygen atoms in total. The standard InChI is InChI=1S/C21H30N4OS.HI/c1-4-26-19-8-7-17(14-16(19)2)15-23-21(22-3)24-18-9-11-25(12-10-18)20-6-5-13-27-20;/h5-8,13-14,18H,4,9-12,15H2,1-3H3,(H2,22,23,24);1H. The molecule has 2 aromatic rings. The SMILES string of the molecule is CCOc1ccc(CNC(=NC)NC2CCN(c3cccs3)CC2)cc1C.I. The van der Waals surface area contributed by atoms with Crippen molar-refractivity contribution in [2.45, 2.75) is 39.3 Å². The minimum absolute atomic E-state index is 0. The molecule has 0 atom stereocenters. The van der Waals surface area contributed by atoms with Crippen molar-refractivity contribution in [1.29, 1.82) is 0 Å². The van der Waals surface area contributed by atoms with Crippen LogP contribution in [0.1, 0.15) is 30.9 Å². The molecule has 154 valence electrons. The summed E-state index contributed by atoms with van der Waals surface area (Å²) in [4.78, 5) is 6.87. The van der Waals surface area contributed by atoms with E-state index in [2.05, 4.69) is 57.1 Å². The maximum absolute atomic E-state index is 5.61. The summed E-state index contributed by atoms with van der Waals surface area (Å²) in [5.41, 5.74) is 2.39. The van der Waals surface area contributed by atoms with Gasteiger partial charge in [-0.15, -0.1) is 35.3 Å². The van der Waals surface area contributed by atoms with Gasteiger partial charge in [0.1, 0.15) is 5.75 Å². The van der Waals surface area contributed by atoms with Crippen molar-refractivity contribution in [2.75, 3.05) is 31.6 Å². The number of hydrogen-bond acceptors (Lipinski definition) is 4. The van der Waals surface area contributed by atoms with E-state index in [1.54, 1.807) is 0 Å². The highest BCUT2D eigenvalue weighted by atomic mass is 127. The largest absolute Gasteiger partial charge is 0.494 e. The maximum Gasteiger partial charge on any atom is 0.191 e. The molecule has 1 aliphatic heterocycles. The van der Waals surface area contributed by atoms with E-state index in [0.717, 1.165) is 44.2 Å². The first-order valence-electron chi connectivity index (χ1n) is 9.67. The number of anilines is 1. The number of halogens is 1.